The second-order valence-electron chi connectivity index (χ2n) is 5.29. The molecule has 0 aromatic carbocycles. The van der Waals surface area contributed by atoms with E-state index in [2.05, 4.69) is 10.4 Å². The van der Waals surface area contributed by atoms with E-state index in [4.69, 9.17) is 9.84 Å². The number of carbonyl (C=O) groups is 2. The van der Waals surface area contributed by atoms with Crippen LogP contribution in [0, 0.1) is 0 Å². The molecule has 2 atom stereocenters. The predicted octanol–water partition coefficient (Wildman–Crippen LogP) is 0.580. The van der Waals surface area contributed by atoms with Crippen LogP contribution in [0.1, 0.15) is 42.1 Å². The number of ether oxygens (including phenoxy) is 1. The van der Waals surface area contributed by atoms with Crippen molar-refractivity contribution in [2.75, 3.05) is 6.61 Å². The van der Waals surface area contributed by atoms with Gasteiger partial charge in [-0.05, 0) is 25.7 Å². The fraction of sp³-hybridized carbons (Fsp3) is 0.615. The van der Waals surface area contributed by atoms with E-state index in [1.54, 1.807) is 6.20 Å². The van der Waals surface area contributed by atoms with Crippen LogP contribution in [-0.4, -0.2) is 45.5 Å². The predicted molar refractivity (Wildman–Crippen MR) is 68.4 cm³/mol. The van der Waals surface area contributed by atoms with E-state index >= 15 is 0 Å². The minimum atomic E-state index is -1.04. The lowest BCUT2D eigenvalue weighted by Gasteiger charge is -2.25. The van der Waals surface area contributed by atoms with Crippen LogP contribution in [0.25, 0.3) is 0 Å². The number of nitrogens with one attached hydrogen (secondary N) is 1. The summed E-state index contributed by atoms with van der Waals surface area (Å²) in [6, 6.07) is -0.0785. The number of rotatable bonds is 4. The van der Waals surface area contributed by atoms with Gasteiger partial charge in [-0.1, -0.05) is 0 Å². The molecule has 1 aliphatic carbocycles. The molecule has 20 heavy (non-hydrogen) atoms. The topological polar surface area (TPSA) is 93.4 Å². The Morgan fingerprint density at radius 1 is 1.40 bits per heavy atom. The fourth-order valence-corrected chi connectivity index (χ4v) is 2.54. The number of amides is 1. The molecule has 1 amide bonds. The maximum Gasteiger partial charge on any atom is 0.334 e. The molecule has 1 saturated heterocycles. The SMILES string of the molecule is O=C(N[C@H]1CCO[C@H]1C(=O)O)c1cnn(C2CCC2)c1. The van der Waals surface area contributed by atoms with Gasteiger partial charge in [0.15, 0.2) is 6.10 Å². The van der Waals surface area contributed by atoms with Crippen molar-refractivity contribution in [1.82, 2.24) is 15.1 Å². The Morgan fingerprint density at radius 2 is 2.20 bits per heavy atom. The minimum Gasteiger partial charge on any atom is -0.479 e. The van der Waals surface area contributed by atoms with E-state index in [0.717, 1.165) is 12.8 Å². The highest BCUT2D eigenvalue weighted by atomic mass is 16.5. The molecule has 108 valence electrons. The molecule has 2 N–H and O–H groups in total. The Labute approximate surface area is 115 Å². The first-order valence-electron chi connectivity index (χ1n) is 6.84. The second kappa shape index (κ2) is 5.24. The Morgan fingerprint density at radius 3 is 2.85 bits per heavy atom. The lowest BCUT2D eigenvalue weighted by atomic mass is 9.93. The Kier molecular flexibility index (Phi) is 3.43. The van der Waals surface area contributed by atoms with Crippen LogP contribution in [0.2, 0.25) is 0 Å². The monoisotopic (exact) mass is 279 g/mol. The molecule has 2 fully saturated rings. The zero-order valence-electron chi connectivity index (χ0n) is 11.0. The van der Waals surface area contributed by atoms with Crippen molar-refractivity contribution in [3.05, 3.63) is 18.0 Å². The molecule has 2 heterocycles. The van der Waals surface area contributed by atoms with Gasteiger partial charge >= 0.3 is 5.97 Å². The summed E-state index contributed by atoms with van der Waals surface area (Å²) < 4.78 is 6.92. The first-order valence-corrected chi connectivity index (χ1v) is 6.84. The van der Waals surface area contributed by atoms with Crippen molar-refractivity contribution < 1.29 is 19.4 Å². The van der Waals surface area contributed by atoms with Crippen LogP contribution in [0.3, 0.4) is 0 Å². The van der Waals surface area contributed by atoms with Crippen LogP contribution in [0.15, 0.2) is 12.4 Å². The summed E-state index contributed by atoms with van der Waals surface area (Å²) in [7, 11) is 0. The maximum absolute atomic E-state index is 12.1. The van der Waals surface area contributed by atoms with E-state index in [0.29, 0.717) is 24.6 Å². The van der Waals surface area contributed by atoms with Gasteiger partial charge < -0.3 is 15.2 Å². The van der Waals surface area contributed by atoms with Gasteiger partial charge in [0.05, 0.1) is 23.8 Å². The quantitative estimate of drug-likeness (QED) is 0.841. The highest BCUT2D eigenvalue weighted by molar-refractivity contribution is 5.94. The van der Waals surface area contributed by atoms with Crippen LogP contribution < -0.4 is 5.32 Å². The number of hydrogen-bond acceptors (Lipinski definition) is 4. The van der Waals surface area contributed by atoms with Gasteiger partial charge in [0, 0.05) is 12.8 Å². The van der Waals surface area contributed by atoms with Crippen LogP contribution in [0.4, 0.5) is 0 Å². The van der Waals surface area contributed by atoms with Gasteiger partial charge in [0.2, 0.25) is 0 Å². The lowest BCUT2D eigenvalue weighted by molar-refractivity contribution is -0.148. The Balaban J connectivity index is 1.63. The van der Waals surface area contributed by atoms with E-state index in [-0.39, 0.29) is 5.91 Å². The molecular weight excluding hydrogens is 262 g/mol. The second-order valence-corrected chi connectivity index (χ2v) is 5.29. The molecule has 7 nitrogen and oxygen atoms in total. The number of hydrogen-bond donors (Lipinski definition) is 2. The molecule has 2 aliphatic rings. The lowest BCUT2D eigenvalue weighted by Crippen LogP contribution is -2.44. The average Bonchev–Trinajstić information content (AvgIpc) is 2.95. The molecule has 0 spiro atoms. The first kappa shape index (κ1) is 13.1. The van der Waals surface area contributed by atoms with Gasteiger partial charge in [-0.25, -0.2) is 4.79 Å². The summed E-state index contributed by atoms with van der Waals surface area (Å²) in [4.78, 5) is 23.1. The molecule has 0 unspecified atom stereocenters. The summed E-state index contributed by atoms with van der Waals surface area (Å²) in [5.74, 6) is -1.34. The van der Waals surface area contributed by atoms with Crippen molar-refractivity contribution in [3.63, 3.8) is 0 Å². The fourth-order valence-electron chi connectivity index (χ4n) is 2.54. The van der Waals surface area contributed by atoms with Crippen LogP contribution >= 0.6 is 0 Å². The van der Waals surface area contributed by atoms with Gasteiger partial charge in [-0.2, -0.15) is 5.10 Å². The van der Waals surface area contributed by atoms with Crippen molar-refractivity contribution in [2.45, 2.75) is 43.9 Å². The highest BCUT2D eigenvalue weighted by Gasteiger charge is 2.35. The summed E-state index contributed by atoms with van der Waals surface area (Å²) in [6.45, 7) is 0.350. The van der Waals surface area contributed by atoms with E-state index < -0.39 is 18.1 Å². The largest absolute Gasteiger partial charge is 0.479 e. The molecule has 3 rings (SSSR count). The number of carbonyl (C=O) groups excluding carboxylic acids is 1. The summed E-state index contributed by atoms with van der Waals surface area (Å²) in [5, 5.41) is 15.9. The van der Waals surface area contributed by atoms with Gasteiger partial charge in [-0.3, -0.25) is 9.48 Å². The van der Waals surface area contributed by atoms with E-state index in [9.17, 15) is 9.59 Å². The molecule has 1 aromatic rings. The minimum absolute atomic E-state index is 0.294. The van der Waals surface area contributed by atoms with Crippen molar-refractivity contribution in [3.8, 4) is 0 Å². The number of nitrogens with zero attached hydrogens (tertiary/aromatic N) is 2. The maximum atomic E-state index is 12.1. The standard InChI is InChI=1S/C13H17N3O4/c17-12(15-10-4-5-20-11(10)13(18)19)8-6-14-16(7-8)9-2-1-3-9/h6-7,9-11H,1-5H2,(H,15,17)(H,18,19)/t10-,11+/m0/s1. The molecular formula is C13H17N3O4. The number of carboxylic acid groups (broad SMARTS) is 1. The number of aromatic nitrogens is 2. The highest BCUT2D eigenvalue weighted by Crippen LogP contribution is 2.30. The Bertz CT molecular complexity index is 523. The molecule has 1 aliphatic heterocycles. The smallest absolute Gasteiger partial charge is 0.334 e. The molecule has 1 saturated carbocycles. The van der Waals surface area contributed by atoms with E-state index in [1.807, 2.05) is 4.68 Å². The van der Waals surface area contributed by atoms with Crippen LogP contribution in [0.5, 0.6) is 0 Å². The van der Waals surface area contributed by atoms with Gasteiger partial charge in [0.25, 0.3) is 5.91 Å². The zero-order valence-corrected chi connectivity index (χ0v) is 11.0. The normalized spacial score (nSPS) is 26.2. The summed E-state index contributed by atoms with van der Waals surface area (Å²) >= 11 is 0. The van der Waals surface area contributed by atoms with Crippen LogP contribution in [-0.2, 0) is 9.53 Å². The molecule has 1 aromatic heterocycles. The molecule has 0 bridgehead atoms. The van der Waals surface area contributed by atoms with Crippen molar-refractivity contribution in [2.24, 2.45) is 0 Å². The third-order valence-electron chi connectivity index (χ3n) is 3.96. The summed E-state index contributed by atoms with van der Waals surface area (Å²) in [5.41, 5.74) is 0.466. The zero-order chi connectivity index (χ0) is 14.1. The van der Waals surface area contributed by atoms with Crippen molar-refractivity contribution >= 4 is 11.9 Å². The number of carboxylic acids is 1. The Hall–Kier alpha value is -1.89. The van der Waals surface area contributed by atoms with E-state index in [1.165, 1.54) is 12.6 Å². The van der Waals surface area contributed by atoms with Gasteiger partial charge in [-0.15, -0.1) is 0 Å². The van der Waals surface area contributed by atoms with Crippen molar-refractivity contribution in [1.29, 1.82) is 0 Å². The molecule has 7 heteroatoms. The van der Waals surface area contributed by atoms with Gasteiger partial charge in [0.1, 0.15) is 0 Å². The first-order chi connectivity index (χ1) is 9.65. The number of aliphatic carboxylic acids is 1. The summed E-state index contributed by atoms with van der Waals surface area (Å²) in [6.07, 6.45) is 6.20. The third kappa shape index (κ3) is 2.40. The third-order valence-corrected chi connectivity index (χ3v) is 3.96. The average molecular weight is 279 g/mol. The molecule has 0 radical (unpaired) electrons.